The van der Waals surface area contributed by atoms with Gasteiger partial charge in [-0.2, -0.15) is 0 Å². The van der Waals surface area contributed by atoms with E-state index in [-0.39, 0.29) is 0 Å². The Hall–Kier alpha value is -1.10. The molecule has 2 aliphatic heterocycles. The molecule has 4 nitrogen and oxygen atoms in total. The fourth-order valence-electron chi connectivity index (χ4n) is 4.07. The lowest BCUT2D eigenvalue weighted by Crippen LogP contribution is -2.59. The lowest BCUT2D eigenvalue weighted by molar-refractivity contribution is 0.0299. The minimum atomic E-state index is 0.387. The van der Waals surface area contributed by atoms with Crippen LogP contribution in [0, 0.1) is 11.8 Å². The number of rotatable bonds is 4. The highest BCUT2D eigenvalue weighted by atomic mass is 16.5. The van der Waals surface area contributed by atoms with Crippen molar-refractivity contribution in [3.05, 3.63) is 24.3 Å². The highest BCUT2D eigenvalue weighted by Gasteiger charge is 2.39. The van der Waals surface area contributed by atoms with Gasteiger partial charge in [0, 0.05) is 38.0 Å². The summed E-state index contributed by atoms with van der Waals surface area (Å²) in [6.07, 6.45) is 1.26. The molecule has 128 valence electrons. The van der Waals surface area contributed by atoms with Gasteiger partial charge >= 0.3 is 0 Å². The molecule has 0 radical (unpaired) electrons. The summed E-state index contributed by atoms with van der Waals surface area (Å²) in [5, 5.41) is 9.96. The number of phenols is 1. The van der Waals surface area contributed by atoms with Crippen LogP contribution in [0.25, 0.3) is 0 Å². The van der Waals surface area contributed by atoms with Crippen LogP contribution in [-0.4, -0.2) is 62.5 Å². The number of aromatic hydroxyl groups is 1. The molecule has 0 bridgehead atoms. The largest absolute Gasteiger partial charge is 0.508 e. The average molecular weight is 319 g/mol. The summed E-state index contributed by atoms with van der Waals surface area (Å²) in [6, 6.07) is 7.93. The normalized spacial score (nSPS) is 32.8. The first-order valence-corrected chi connectivity index (χ1v) is 9.05. The Bertz CT molecular complexity index is 516. The van der Waals surface area contributed by atoms with Gasteiger partial charge in [-0.3, -0.25) is 9.38 Å². The number of hydrogen-bond acceptors (Lipinski definition) is 3. The van der Waals surface area contributed by atoms with Crippen molar-refractivity contribution >= 4 is 5.69 Å². The molecule has 3 rings (SSSR count). The molecule has 4 heteroatoms. The molecule has 0 aliphatic carbocycles. The van der Waals surface area contributed by atoms with E-state index in [1.165, 1.54) is 25.2 Å². The maximum atomic E-state index is 9.96. The van der Waals surface area contributed by atoms with Crippen molar-refractivity contribution in [2.45, 2.75) is 20.3 Å². The number of hydrogen-bond donors (Lipinski definition) is 1. The van der Waals surface area contributed by atoms with E-state index in [0.29, 0.717) is 5.75 Å². The van der Waals surface area contributed by atoms with Crippen molar-refractivity contribution in [3.63, 3.8) is 0 Å². The Labute approximate surface area is 140 Å². The Kier molecular flexibility index (Phi) is 5.24. The maximum Gasteiger partial charge on any atom is 0.136 e. The third-order valence-corrected chi connectivity index (χ3v) is 5.95. The van der Waals surface area contributed by atoms with Crippen LogP contribution in [0.5, 0.6) is 5.75 Å². The molecule has 0 aromatic heterocycles. The van der Waals surface area contributed by atoms with Crippen LogP contribution in [0.4, 0.5) is 5.69 Å². The first-order chi connectivity index (χ1) is 11.1. The van der Waals surface area contributed by atoms with E-state index in [1.807, 2.05) is 12.1 Å². The van der Waals surface area contributed by atoms with Crippen LogP contribution in [0.3, 0.4) is 0 Å². The van der Waals surface area contributed by atoms with Crippen LogP contribution in [0.15, 0.2) is 24.3 Å². The summed E-state index contributed by atoms with van der Waals surface area (Å²) in [7, 11) is 0. The van der Waals surface area contributed by atoms with Gasteiger partial charge in [0.1, 0.15) is 11.4 Å². The van der Waals surface area contributed by atoms with Gasteiger partial charge in [-0.05, 0) is 18.1 Å². The van der Waals surface area contributed by atoms with Crippen LogP contribution in [-0.2, 0) is 4.74 Å². The maximum absolute atomic E-state index is 9.96. The second-order valence-electron chi connectivity index (χ2n) is 7.49. The second-order valence-corrected chi connectivity index (χ2v) is 7.49. The molecule has 1 aromatic carbocycles. The van der Waals surface area contributed by atoms with Crippen molar-refractivity contribution in [1.82, 2.24) is 9.38 Å². The van der Waals surface area contributed by atoms with Gasteiger partial charge in [-0.1, -0.05) is 19.9 Å². The molecule has 2 fully saturated rings. The monoisotopic (exact) mass is 319 g/mol. The van der Waals surface area contributed by atoms with Gasteiger partial charge in [0.15, 0.2) is 0 Å². The highest BCUT2D eigenvalue weighted by molar-refractivity contribution is 5.48. The molecule has 2 aliphatic rings. The predicted molar refractivity (Wildman–Crippen MR) is 94.7 cm³/mol. The zero-order chi connectivity index (χ0) is 16.3. The summed E-state index contributed by atoms with van der Waals surface area (Å²) in [5.41, 5.74) is 1.28. The van der Waals surface area contributed by atoms with Crippen molar-refractivity contribution in [2.24, 2.45) is 11.8 Å². The molecule has 2 heterocycles. The van der Waals surface area contributed by atoms with E-state index in [1.54, 1.807) is 6.07 Å². The number of phenolic OH excluding ortho intramolecular Hbond substituents is 1. The van der Waals surface area contributed by atoms with E-state index in [2.05, 4.69) is 24.8 Å². The van der Waals surface area contributed by atoms with Gasteiger partial charge in [-0.25, -0.2) is 0 Å². The molecule has 3 unspecified atom stereocenters. The second kappa shape index (κ2) is 7.20. The van der Waals surface area contributed by atoms with Crippen LogP contribution < -0.4 is 4.48 Å². The van der Waals surface area contributed by atoms with Gasteiger partial charge in [-0.15, -0.1) is 0 Å². The average Bonchev–Trinajstić information content (AvgIpc) is 2.57. The zero-order valence-corrected chi connectivity index (χ0v) is 14.6. The van der Waals surface area contributed by atoms with E-state index >= 15 is 0 Å². The summed E-state index contributed by atoms with van der Waals surface area (Å²) < 4.78 is 6.48. The number of morpholine rings is 1. The first kappa shape index (κ1) is 16.7. The van der Waals surface area contributed by atoms with Gasteiger partial charge in [0.05, 0.1) is 32.8 Å². The number of ether oxygens (including phenoxy) is 1. The van der Waals surface area contributed by atoms with Crippen molar-refractivity contribution in [2.75, 3.05) is 52.5 Å². The lowest BCUT2D eigenvalue weighted by atomic mass is 9.86. The van der Waals surface area contributed by atoms with Gasteiger partial charge in [0.25, 0.3) is 0 Å². The topological polar surface area (TPSA) is 32.7 Å². The third-order valence-electron chi connectivity index (χ3n) is 5.95. The molecular formula is C19H31N2O2+. The smallest absolute Gasteiger partial charge is 0.136 e. The molecule has 2 saturated heterocycles. The minimum absolute atomic E-state index is 0.387. The van der Waals surface area contributed by atoms with Crippen LogP contribution >= 0.6 is 0 Å². The standard InChI is InChI=1S/C19H30N2O2/c1-16-6-10-21(15-17(16)2,18-4-3-5-19(22)14-18)11-7-20-8-12-23-13-9-20/h3-5,14,16-17H,6-13,15H2,1-2H3/p+1. The van der Waals surface area contributed by atoms with E-state index in [0.717, 1.165) is 55.7 Å². The highest BCUT2D eigenvalue weighted by Crippen LogP contribution is 2.35. The summed E-state index contributed by atoms with van der Waals surface area (Å²) in [5.74, 6) is 1.90. The van der Waals surface area contributed by atoms with E-state index in [9.17, 15) is 5.11 Å². The van der Waals surface area contributed by atoms with Crippen LogP contribution in [0.2, 0.25) is 0 Å². The van der Waals surface area contributed by atoms with Crippen LogP contribution in [0.1, 0.15) is 20.3 Å². The molecule has 23 heavy (non-hydrogen) atoms. The summed E-state index contributed by atoms with van der Waals surface area (Å²) in [6.45, 7) is 13.2. The first-order valence-electron chi connectivity index (χ1n) is 9.05. The Morgan fingerprint density at radius 3 is 2.70 bits per heavy atom. The fourth-order valence-corrected chi connectivity index (χ4v) is 4.07. The van der Waals surface area contributed by atoms with Crippen molar-refractivity contribution in [3.8, 4) is 5.75 Å². The third kappa shape index (κ3) is 3.87. The number of quaternary nitrogens is 1. The molecular weight excluding hydrogens is 288 g/mol. The zero-order valence-electron chi connectivity index (χ0n) is 14.6. The Morgan fingerprint density at radius 2 is 2.00 bits per heavy atom. The minimum Gasteiger partial charge on any atom is -0.508 e. The molecule has 1 N–H and O–H groups in total. The Morgan fingerprint density at radius 1 is 1.22 bits per heavy atom. The number of likely N-dealkylation sites (tertiary alicyclic amines) is 1. The molecule has 0 spiro atoms. The fraction of sp³-hybridized carbons (Fsp3) is 0.684. The SMILES string of the molecule is CC1CC[N+](CCN2CCOCC2)(c2cccc(O)c2)CC1C. The number of benzene rings is 1. The predicted octanol–water partition coefficient (Wildman–Crippen LogP) is 2.71. The van der Waals surface area contributed by atoms with Crippen molar-refractivity contribution < 1.29 is 9.84 Å². The Balaban J connectivity index is 1.78. The quantitative estimate of drug-likeness (QED) is 0.866. The van der Waals surface area contributed by atoms with Gasteiger partial charge < -0.3 is 9.84 Å². The molecule has 1 aromatic rings. The molecule has 0 saturated carbocycles. The number of nitrogens with zero attached hydrogens (tertiary/aromatic N) is 2. The summed E-state index contributed by atoms with van der Waals surface area (Å²) >= 11 is 0. The van der Waals surface area contributed by atoms with Gasteiger partial charge in [0.2, 0.25) is 0 Å². The van der Waals surface area contributed by atoms with E-state index in [4.69, 9.17) is 4.74 Å². The lowest BCUT2D eigenvalue weighted by Gasteiger charge is -2.46. The van der Waals surface area contributed by atoms with E-state index < -0.39 is 0 Å². The molecule has 3 atom stereocenters. The number of piperidine rings is 1. The summed E-state index contributed by atoms with van der Waals surface area (Å²) in [4.78, 5) is 2.52. The van der Waals surface area contributed by atoms with Crippen molar-refractivity contribution in [1.29, 1.82) is 0 Å². The molecule has 0 amide bonds.